The van der Waals surface area contributed by atoms with Gasteiger partial charge in [0.05, 0.1) is 19.9 Å². The molecule has 0 heterocycles. The van der Waals surface area contributed by atoms with Gasteiger partial charge >= 0.3 is 0 Å². The summed E-state index contributed by atoms with van der Waals surface area (Å²) in [7, 11) is 3.12. The molecular weight excluding hydrogens is 286 g/mol. The number of anilines is 1. The van der Waals surface area contributed by atoms with Crippen LogP contribution in [0.25, 0.3) is 0 Å². The van der Waals surface area contributed by atoms with Gasteiger partial charge in [-0.2, -0.15) is 0 Å². The first kappa shape index (κ1) is 15.3. The highest BCUT2D eigenvalue weighted by Crippen LogP contribution is 2.29. The van der Waals surface area contributed by atoms with E-state index in [0.29, 0.717) is 22.7 Å². The Morgan fingerprint density at radius 2 is 1.86 bits per heavy atom. The molecule has 0 spiro atoms. The summed E-state index contributed by atoms with van der Waals surface area (Å²) in [5, 5.41) is 2.84. The molecule has 110 valence electrons. The van der Waals surface area contributed by atoms with E-state index < -0.39 is 0 Å². The lowest BCUT2D eigenvalue weighted by molar-refractivity contribution is 0.102. The molecule has 0 aliphatic carbocycles. The lowest BCUT2D eigenvalue weighted by Crippen LogP contribution is -2.14. The van der Waals surface area contributed by atoms with Crippen LogP contribution >= 0.6 is 12.6 Å². The van der Waals surface area contributed by atoms with Gasteiger partial charge in [-0.05, 0) is 36.8 Å². The number of benzene rings is 2. The Bertz CT molecular complexity index is 671. The monoisotopic (exact) mass is 303 g/mol. The standard InChI is InChI=1S/C16H17NO3S/c1-10-4-6-12(21)9-13(10)16(18)17-14-8-11(19-2)5-7-15(14)20-3/h4-9,21H,1-3H3,(H,17,18). The van der Waals surface area contributed by atoms with E-state index >= 15 is 0 Å². The van der Waals surface area contributed by atoms with Crippen LogP contribution in [0, 0.1) is 6.92 Å². The first-order valence-corrected chi connectivity index (χ1v) is 6.83. The first-order chi connectivity index (χ1) is 10.0. The minimum Gasteiger partial charge on any atom is -0.497 e. The summed E-state index contributed by atoms with van der Waals surface area (Å²) in [6.07, 6.45) is 0. The van der Waals surface area contributed by atoms with Crippen LogP contribution in [0.3, 0.4) is 0 Å². The van der Waals surface area contributed by atoms with Crippen molar-refractivity contribution in [2.75, 3.05) is 19.5 Å². The predicted molar refractivity (Wildman–Crippen MR) is 85.9 cm³/mol. The van der Waals surface area contributed by atoms with E-state index in [9.17, 15) is 4.79 Å². The largest absolute Gasteiger partial charge is 0.497 e. The third kappa shape index (κ3) is 3.49. The summed E-state index contributed by atoms with van der Waals surface area (Å²) < 4.78 is 10.4. The Morgan fingerprint density at radius 3 is 2.52 bits per heavy atom. The van der Waals surface area contributed by atoms with Crippen molar-refractivity contribution in [3.63, 3.8) is 0 Å². The van der Waals surface area contributed by atoms with Crippen LogP contribution in [0.2, 0.25) is 0 Å². The number of hydrogen-bond donors (Lipinski definition) is 2. The van der Waals surface area contributed by atoms with Crippen LogP contribution in [0.15, 0.2) is 41.3 Å². The number of hydrogen-bond acceptors (Lipinski definition) is 4. The van der Waals surface area contributed by atoms with Gasteiger partial charge in [0.2, 0.25) is 0 Å². The van der Waals surface area contributed by atoms with Crippen molar-refractivity contribution in [3.8, 4) is 11.5 Å². The lowest BCUT2D eigenvalue weighted by Gasteiger charge is -2.13. The summed E-state index contributed by atoms with van der Waals surface area (Å²) >= 11 is 4.27. The van der Waals surface area contributed by atoms with Crippen molar-refractivity contribution >= 4 is 24.2 Å². The van der Waals surface area contributed by atoms with E-state index in [1.165, 1.54) is 0 Å². The second-order valence-electron chi connectivity index (χ2n) is 4.52. The van der Waals surface area contributed by atoms with E-state index in [2.05, 4.69) is 17.9 Å². The highest BCUT2D eigenvalue weighted by molar-refractivity contribution is 7.80. The van der Waals surface area contributed by atoms with E-state index in [-0.39, 0.29) is 5.91 Å². The minimum absolute atomic E-state index is 0.213. The van der Waals surface area contributed by atoms with Crippen molar-refractivity contribution in [2.24, 2.45) is 0 Å². The fourth-order valence-electron chi connectivity index (χ4n) is 1.96. The summed E-state index contributed by atoms with van der Waals surface area (Å²) in [6.45, 7) is 1.88. The molecule has 0 bridgehead atoms. The van der Waals surface area contributed by atoms with Crippen LogP contribution in [0.4, 0.5) is 5.69 Å². The fourth-order valence-corrected chi connectivity index (χ4v) is 2.16. The number of ether oxygens (including phenoxy) is 2. The van der Waals surface area contributed by atoms with Crippen LogP contribution < -0.4 is 14.8 Å². The average Bonchev–Trinajstić information content (AvgIpc) is 2.49. The molecule has 0 radical (unpaired) electrons. The number of amides is 1. The van der Waals surface area contributed by atoms with E-state index in [4.69, 9.17) is 9.47 Å². The summed E-state index contributed by atoms with van der Waals surface area (Å²) in [4.78, 5) is 13.2. The maximum Gasteiger partial charge on any atom is 0.256 e. The first-order valence-electron chi connectivity index (χ1n) is 6.38. The molecule has 2 rings (SSSR count). The number of rotatable bonds is 4. The van der Waals surface area contributed by atoms with E-state index in [1.54, 1.807) is 38.5 Å². The molecule has 0 aliphatic rings. The highest BCUT2D eigenvalue weighted by Gasteiger charge is 2.13. The minimum atomic E-state index is -0.213. The molecule has 0 atom stereocenters. The van der Waals surface area contributed by atoms with Gasteiger partial charge in [-0.25, -0.2) is 0 Å². The number of aryl methyl sites for hydroxylation is 1. The Labute approximate surface area is 129 Å². The lowest BCUT2D eigenvalue weighted by atomic mass is 10.1. The SMILES string of the molecule is COc1ccc(OC)c(NC(=O)c2cc(S)ccc2C)c1. The Morgan fingerprint density at radius 1 is 1.10 bits per heavy atom. The number of methoxy groups -OCH3 is 2. The zero-order chi connectivity index (χ0) is 15.4. The van der Waals surface area contributed by atoms with Gasteiger partial charge in [0, 0.05) is 16.5 Å². The van der Waals surface area contributed by atoms with E-state index in [1.807, 2.05) is 19.1 Å². The van der Waals surface area contributed by atoms with Crippen LogP contribution in [-0.4, -0.2) is 20.1 Å². The topological polar surface area (TPSA) is 47.6 Å². The number of carbonyl (C=O) groups excluding carboxylic acids is 1. The van der Waals surface area contributed by atoms with Gasteiger partial charge in [0.25, 0.3) is 5.91 Å². The van der Waals surface area contributed by atoms with Gasteiger partial charge in [-0.15, -0.1) is 12.6 Å². The third-order valence-corrected chi connectivity index (χ3v) is 3.40. The van der Waals surface area contributed by atoms with E-state index in [0.717, 1.165) is 10.5 Å². The normalized spacial score (nSPS) is 10.1. The smallest absolute Gasteiger partial charge is 0.256 e. The third-order valence-electron chi connectivity index (χ3n) is 3.12. The molecule has 4 nitrogen and oxygen atoms in total. The van der Waals surface area contributed by atoms with Crippen LogP contribution in [0.1, 0.15) is 15.9 Å². The fraction of sp³-hybridized carbons (Fsp3) is 0.188. The molecule has 2 aromatic rings. The van der Waals surface area contributed by atoms with Crippen molar-refractivity contribution in [1.29, 1.82) is 0 Å². The second kappa shape index (κ2) is 6.54. The number of thiol groups is 1. The van der Waals surface area contributed by atoms with Crippen molar-refractivity contribution in [2.45, 2.75) is 11.8 Å². The van der Waals surface area contributed by atoms with Gasteiger partial charge in [0.15, 0.2) is 0 Å². The molecule has 5 heteroatoms. The zero-order valence-corrected chi connectivity index (χ0v) is 13.0. The van der Waals surface area contributed by atoms with Gasteiger partial charge in [-0.3, -0.25) is 4.79 Å². The molecule has 2 aromatic carbocycles. The molecule has 0 unspecified atom stereocenters. The van der Waals surface area contributed by atoms with Crippen molar-refractivity contribution < 1.29 is 14.3 Å². The maximum atomic E-state index is 12.4. The molecule has 0 aromatic heterocycles. The molecule has 0 aliphatic heterocycles. The number of nitrogens with one attached hydrogen (secondary N) is 1. The molecular formula is C16H17NO3S. The highest BCUT2D eigenvalue weighted by atomic mass is 32.1. The number of carbonyl (C=O) groups is 1. The van der Waals surface area contributed by atoms with Crippen molar-refractivity contribution in [3.05, 3.63) is 47.5 Å². The van der Waals surface area contributed by atoms with Crippen LogP contribution in [0.5, 0.6) is 11.5 Å². The Kier molecular flexibility index (Phi) is 4.75. The molecule has 1 amide bonds. The Hall–Kier alpha value is -2.14. The Balaban J connectivity index is 2.32. The predicted octanol–water partition coefficient (Wildman–Crippen LogP) is 3.55. The quantitative estimate of drug-likeness (QED) is 0.849. The molecule has 0 saturated carbocycles. The van der Waals surface area contributed by atoms with Crippen LogP contribution in [-0.2, 0) is 0 Å². The molecule has 0 saturated heterocycles. The maximum absolute atomic E-state index is 12.4. The molecule has 1 N–H and O–H groups in total. The molecule has 0 fully saturated rings. The summed E-state index contributed by atoms with van der Waals surface area (Å²) in [5.41, 5.74) is 2.02. The summed E-state index contributed by atoms with van der Waals surface area (Å²) in [6, 6.07) is 10.7. The average molecular weight is 303 g/mol. The van der Waals surface area contributed by atoms with Gasteiger partial charge < -0.3 is 14.8 Å². The second-order valence-corrected chi connectivity index (χ2v) is 5.04. The zero-order valence-electron chi connectivity index (χ0n) is 12.1. The van der Waals surface area contributed by atoms with Gasteiger partial charge in [-0.1, -0.05) is 6.07 Å². The van der Waals surface area contributed by atoms with Gasteiger partial charge in [0.1, 0.15) is 11.5 Å². The van der Waals surface area contributed by atoms with Crippen molar-refractivity contribution in [1.82, 2.24) is 0 Å². The molecule has 21 heavy (non-hydrogen) atoms. The summed E-state index contributed by atoms with van der Waals surface area (Å²) in [5.74, 6) is 1.00.